The lowest BCUT2D eigenvalue weighted by Crippen LogP contribution is -2.34. The second-order valence-corrected chi connectivity index (χ2v) is 8.07. The molecule has 0 heterocycles. The van der Waals surface area contributed by atoms with E-state index in [4.69, 9.17) is 9.47 Å². The van der Waals surface area contributed by atoms with Crippen LogP contribution < -0.4 is 9.47 Å². The van der Waals surface area contributed by atoms with Crippen LogP contribution in [-0.4, -0.2) is 31.1 Å². The van der Waals surface area contributed by atoms with Crippen LogP contribution in [0.5, 0.6) is 11.5 Å². The Kier molecular flexibility index (Phi) is 4.61. The van der Waals surface area contributed by atoms with Crippen LogP contribution in [0.15, 0.2) is 18.2 Å². The van der Waals surface area contributed by atoms with Crippen LogP contribution in [-0.2, 0) is 11.3 Å². The number of carbonyl (C=O) groups excluding carboxylic acids is 1. The summed E-state index contributed by atoms with van der Waals surface area (Å²) in [6.45, 7) is 0.630. The Morgan fingerprint density at radius 2 is 1.96 bits per heavy atom. The van der Waals surface area contributed by atoms with Crippen molar-refractivity contribution in [1.82, 2.24) is 4.90 Å². The highest BCUT2D eigenvalue weighted by molar-refractivity contribution is 5.77. The van der Waals surface area contributed by atoms with Gasteiger partial charge in [0.25, 0.3) is 0 Å². The summed E-state index contributed by atoms with van der Waals surface area (Å²) in [4.78, 5) is 15.2. The zero-order valence-corrected chi connectivity index (χ0v) is 15.4. The van der Waals surface area contributed by atoms with Crippen molar-refractivity contribution in [3.05, 3.63) is 23.8 Å². The number of benzene rings is 1. The van der Waals surface area contributed by atoms with E-state index in [1.54, 1.807) is 14.2 Å². The van der Waals surface area contributed by atoms with Crippen LogP contribution in [0.3, 0.4) is 0 Å². The topological polar surface area (TPSA) is 38.8 Å². The van der Waals surface area contributed by atoms with Gasteiger partial charge in [-0.1, -0.05) is 6.42 Å². The van der Waals surface area contributed by atoms with Gasteiger partial charge in [0.1, 0.15) is 11.5 Å². The number of carbonyl (C=O) groups is 1. The fourth-order valence-corrected chi connectivity index (χ4v) is 4.96. The number of ether oxygens (including phenoxy) is 2. The van der Waals surface area contributed by atoms with E-state index in [1.807, 2.05) is 18.2 Å². The maximum atomic E-state index is 13.1. The molecule has 3 aliphatic rings. The molecule has 3 aliphatic carbocycles. The molecule has 0 spiro atoms. The molecule has 136 valence electrons. The summed E-state index contributed by atoms with van der Waals surface area (Å²) in [6.07, 6.45) is 8.38. The summed E-state index contributed by atoms with van der Waals surface area (Å²) in [6, 6.07) is 6.25. The van der Waals surface area contributed by atoms with Gasteiger partial charge in [-0.15, -0.1) is 0 Å². The van der Waals surface area contributed by atoms with Crippen molar-refractivity contribution >= 4 is 5.91 Å². The molecule has 2 bridgehead atoms. The summed E-state index contributed by atoms with van der Waals surface area (Å²) >= 11 is 0. The minimum Gasteiger partial charge on any atom is -0.497 e. The molecule has 25 heavy (non-hydrogen) atoms. The molecule has 4 rings (SSSR count). The number of rotatable bonds is 7. The number of amides is 1. The second kappa shape index (κ2) is 6.89. The van der Waals surface area contributed by atoms with Gasteiger partial charge in [-0.25, -0.2) is 0 Å². The molecule has 3 unspecified atom stereocenters. The molecule has 0 aromatic heterocycles. The average Bonchev–Trinajstić information content (AvgIpc) is 3.26. The first-order chi connectivity index (χ1) is 12.2. The summed E-state index contributed by atoms with van der Waals surface area (Å²) in [5.41, 5.74) is 1.04. The molecule has 0 aliphatic heterocycles. The van der Waals surface area contributed by atoms with Crippen LogP contribution in [0.4, 0.5) is 0 Å². The molecule has 3 atom stereocenters. The van der Waals surface area contributed by atoms with E-state index < -0.39 is 0 Å². The van der Waals surface area contributed by atoms with E-state index in [9.17, 15) is 4.79 Å². The van der Waals surface area contributed by atoms with Crippen molar-refractivity contribution in [2.45, 2.75) is 57.5 Å². The van der Waals surface area contributed by atoms with Crippen molar-refractivity contribution in [1.29, 1.82) is 0 Å². The first kappa shape index (κ1) is 16.7. The summed E-state index contributed by atoms with van der Waals surface area (Å²) in [7, 11) is 3.36. The predicted molar refractivity (Wildman–Crippen MR) is 96.7 cm³/mol. The summed E-state index contributed by atoms with van der Waals surface area (Å²) < 4.78 is 10.9. The number of fused-ring (bicyclic) bond motifs is 2. The number of hydrogen-bond acceptors (Lipinski definition) is 3. The van der Waals surface area contributed by atoms with Gasteiger partial charge in [0.2, 0.25) is 5.91 Å². The third-order valence-electron chi connectivity index (χ3n) is 6.46. The van der Waals surface area contributed by atoms with Gasteiger partial charge in [0.05, 0.1) is 14.2 Å². The van der Waals surface area contributed by atoms with Crippen molar-refractivity contribution in [3.63, 3.8) is 0 Å². The number of hydrogen-bond donors (Lipinski definition) is 0. The average molecular weight is 343 g/mol. The molecule has 1 amide bonds. The lowest BCUT2D eigenvalue weighted by Gasteiger charge is -2.28. The molecule has 0 N–H and O–H groups in total. The van der Waals surface area contributed by atoms with Gasteiger partial charge in [0.15, 0.2) is 0 Å². The Labute approximate surface area is 150 Å². The number of methoxy groups -OCH3 is 2. The Morgan fingerprint density at radius 3 is 2.56 bits per heavy atom. The highest BCUT2D eigenvalue weighted by atomic mass is 16.5. The third-order valence-corrected chi connectivity index (χ3v) is 6.46. The fraction of sp³-hybridized carbons (Fsp3) is 0.667. The van der Waals surface area contributed by atoms with Crippen molar-refractivity contribution in [2.24, 2.45) is 17.8 Å². The molecule has 0 saturated heterocycles. The first-order valence-electron chi connectivity index (χ1n) is 9.68. The molecule has 3 saturated carbocycles. The monoisotopic (exact) mass is 343 g/mol. The first-order valence-corrected chi connectivity index (χ1v) is 9.68. The van der Waals surface area contributed by atoms with Gasteiger partial charge in [-0.2, -0.15) is 0 Å². The van der Waals surface area contributed by atoms with Crippen molar-refractivity contribution in [2.75, 3.05) is 14.2 Å². The van der Waals surface area contributed by atoms with Gasteiger partial charge in [0, 0.05) is 24.6 Å². The summed E-state index contributed by atoms with van der Waals surface area (Å²) in [5.74, 6) is 4.31. The lowest BCUT2D eigenvalue weighted by atomic mass is 9.86. The largest absolute Gasteiger partial charge is 0.497 e. The second-order valence-electron chi connectivity index (χ2n) is 8.07. The van der Waals surface area contributed by atoms with E-state index in [0.29, 0.717) is 24.4 Å². The van der Waals surface area contributed by atoms with Crippen LogP contribution >= 0.6 is 0 Å². The quantitative estimate of drug-likeness (QED) is 0.750. The standard InChI is InChI=1S/C21H29NO3/c1-24-19-7-8-20(25-2)17(11-19)13-22(18-5-6-18)21(23)12-16-10-14-3-4-15(16)9-14/h7-8,11,14-16,18H,3-6,9-10,12-13H2,1-2H3. The SMILES string of the molecule is COc1ccc(OC)c(CN(C(=O)CC2CC3CCC2C3)C2CC2)c1. The van der Waals surface area contributed by atoms with Crippen LogP contribution in [0, 0.1) is 17.8 Å². The highest BCUT2D eigenvalue weighted by Gasteiger charge is 2.42. The Balaban J connectivity index is 1.47. The maximum absolute atomic E-state index is 13.1. The van der Waals surface area contributed by atoms with Crippen LogP contribution in [0.1, 0.15) is 50.5 Å². The molecule has 4 nitrogen and oxygen atoms in total. The van der Waals surface area contributed by atoms with Crippen molar-refractivity contribution < 1.29 is 14.3 Å². The highest BCUT2D eigenvalue weighted by Crippen LogP contribution is 2.50. The minimum atomic E-state index is 0.338. The Bertz CT molecular complexity index is 640. The van der Waals surface area contributed by atoms with E-state index in [-0.39, 0.29) is 0 Å². The van der Waals surface area contributed by atoms with E-state index in [1.165, 1.54) is 25.7 Å². The van der Waals surface area contributed by atoms with E-state index in [2.05, 4.69) is 4.90 Å². The minimum absolute atomic E-state index is 0.338. The molecule has 4 heteroatoms. The molecule has 1 aromatic rings. The van der Waals surface area contributed by atoms with Gasteiger partial charge >= 0.3 is 0 Å². The number of nitrogens with zero attached hydrogens (tertiary/aromatic N) is 1. The van der Waals surface area contributed by atoms with Gasteiger partial charge in [-0.05, 0) is 68.1 Å². The van der Waals surface area contributed by atoms with Crippen LogP contribution in [0.2, 0.25) is 0 Å². The van der Waals surface area contributed by atoms with Gasteiger partial charge in [-0.3, -0.25) is 4.79 Å². The Hall–Kier alpha value is -1.71. The molecule has 0 radical (unpaired) electrons. The lowest BCUT2D eigenvalue weighted by molar-refractivity contribution is -0.133. The molecule has 3 fully saturated rings. The van der Waals surface area contributed by atoms with Crippen LogP contribution in [0.25, 0.3) is 0 Å². The van der Waals surface area contributed by atoms with E-state index >= 15 is 0 Å². The maximum Gasteiger partial charge on any atom is 0.223 e. The Morgan fingerprint density at radius 1 is 1.12 bits per heavy atom. The van der Waals surface area contributed by atoms with Gasteiger partial charge < -0.3 is 14.4 Å². The van der Waals surface area contributed by atoms with E-state index in [0.717, 1.165) is 48.2 Å². The summed E-state index contributed by atoms with van der Waals surface area (Å²) in [5, 5.41) is 0. The smallest absolute Gasteiger partial charge is 0.223 e. The fourth-order valence-electron chi connectivity index (χ4n) is 4.96. The molecular weight excluding hydrogens is 314 g/mol. The molecular formula is C21H29NO3. The zero-order chi connectivity index (χ0) is 17.4. The predicted octanol–water partition coefficient (Wildman–Crippen LogP) is 4.02. The normalized spacial score (nSPS) is 27.4. The third kappa shape index (κ3) is 3.49. The zero-order valence-electron chi connectivity index (χ0n) is 15.4. The molecule has 1 aromatic carbocycles. The van der Waals surface area contributed by atoms with Crippen molar-refractivity contribution in [3.8, 4) is 11.5 Å².